The fourth-order valence-corrected chi connectivity index (χ4v) is 2.21. The Morgan fingerprint density at radius 1 is 1.36 bits per heavy atom. The van der Waals surface area contributed by atoms with Crippen molar-refractivity contribution in [3.63, 3.8) is 0 Å². The molecule has 0 amide bonds. The molecule has 0 aliphatic heterocycles. The summed E-state index contributed by atoms with van der Waals surface area (Å²) in [5, 5.41) is 11.3. The Balaban J connectivity index is 0.00000441. The van der Waals surface area contributed by atoms with Gasteiger partial charge in [0.2, 0.25) is 10.0 Å². The van der Waals surface area contributed by atoms with E-state index in [1.807, 2.05) is 13.0 Å². The van der Waals surface area contributed by atoms with Crippen molar-refractivity contribution in [3.05, 3.63) is 29.8 Å². The highest BCUT2D eigenvalue weighted by molar-refractivity contribution is 14.0. The number of nitrogens with two attached hydrogens (primary N) is 1. The molecule has 0 unspecified atom stereocenters. The van der Waals surface area contributed by atoms with Crippen molar-refractivity contribution < 1.29 is 13.2 Å². The van der Waals surface area contributed by atoms with E-state index in [0.29, 0.717) is 32.3 Å². The largest absolute Gasteiger partial charge is 0.380 e. The van der Waals surface area contributed by atoms with Gasteiger partial charge < -0.3 is 15.4 Å². The lowest BCUT2D eigenvalue weighted by Gasteiger charge is -2.12. The summed E-state index contributed by atoms with van der Waals surface area (Å²) >= 11 is 0. The van der Waals surface area contributed by atoms with Crippen LogP contribution in [-0.2, 0) is 21.3 Å². The number of guanidine groups is 1. The van der Waals surface area contributed by atoms with E-state index in [-0.39, 0.29) is 28.9 Å². The van der Waals surface area contributed by atoms with Crippen LogP contribution in [0.5, 0.6) is 0 Å². The molecule has 0 saturated carbocycles. The Kier molecular flexibility index (Phi) is 10.3. The number of ether oxygens (including phenoxy) is 1. The van der Waals surface area contributed by atoms with E-state index >= 15 is 0 Å². The van der Waals surface area contributed by atoms with Gasteiger partial charge in [-0.3, -0.25) is 4.99 Å². The maximum Gasteiger partial charge on any atom is 0.238 e. The minimum absolute atomic E-state index is 0. The third-order valence-electron chi connectivity index (χ3n) is 2.65. The summed E-state index contributed by atoms with van der Waals surface area (Å²) in [6.07, 6.45) is 0. The second-order valence-corrected chi connectivity index (χ2v) is 5.80. The molecule has 0 aliphatic rings. The number of aliphatic imine (C=N–C) groups is 1. The Morgan fingerprint density at radius 2 is 2.09 bits per heavy atom. The minimum Gasteiger partial charge on any atom is -0.380 e. The van der Waals surface area contributed by atoms with Gasteiger partial charge in [-0.1, -0.05) is 12.1 Å². The maximum absolute atomic E-state index is 11.3. The van der Waals surface area contributed by atoms with Crippen molar-refractivity contribution in [1.82, 2.24) is 10.6 Å². The molecule has 0 saturated heterocycles. The maximum atomic E-state index is 11.3. The number of rotatable bonds is 7. The summed E-state index contributed by atoms with van der Waals surface area (Å²) in [4.78, 5) is 4.17. The molecule has 0 aliphatic carbocycles. The first-order valence-corrected chi connectivity index (χ1v) is 8.16. The zero-order valence-electron chi connectivity index (χ0n) is 12.7. The zero-order chi connectivity index (χ0) is 15.7. The summed E-state index contributed by atoms with van der Waals surface area (Å²) in [6.45, 7) is 4.29. The van der Waals surface area contributed by atoms with Crippen LogP contribution in [-0.4, -0.2) is 41.2 Å². The second kappa shape index (κ2) is 10.8. The zero-order valence-corrected chi connectivity index (χ0v) is 15.9. The van der Waals surface area contributed by atoms with E-state index in [1.165, 1.54) is 12.1 Å². The summed E-state index contributed by atoms with van der Waals surface area (Å²) in [7, 11) is -2.02. The Hall–Kier alpha value is -0.910. The molecule has 4 N–H and O–H groups in total. The molecule has 1 rings (SSSR count). The van der Waals surface area contributed by atoms with Gasteiger partial charge in [0.25, 0.3) is 0 Å². The third kappa shape index (κ3) is 7.92. The van der Waals surface area contributed by atoms with Crippen LogP contribution in [0, 0.1) is 0 Å². The number of primary sulfonamides is 1. The third-order valence-corrected chi connectivity index (χ3v) is 3.56. The molecule has 22 heavy (non-hydrogen) atoms. The molecule has 0 radical (unpaired) electrons. The predicted octanol–water partition coefficient (Wildman–Crippen LogP) is 0.654. The van der Waals surface area contributed by atoms with Crippen LogP contribution < -0.4 is 15.8 Å². The average molecular weight is 442 g/mol. The van der Waals surface area contributed by atoms with Crippen molar-refractivity contribution in [1.29, 1.82) is 0 Å². The summed E-state index contributed by atoms with van der Waals surface area (Å²) < 4.78 is 27.8. The smallest absolute Gasteiger partial charge is 0.238 e. The number of sulfonamides is 1. The summed E-state index contributed by atoms with van der Waals surface area (Å²) in [6, 6.07) is 6.47. The van der Waals surface area contributed by atoms with Crippen molar-refractivity contribution in [2.75, 3.05) is 26.8 Å². The molecular weight excluding hydrogens is 419 g/mol. The van der Waals surface area contributed by atoms with Crippen molar-refractivity contribution >= 4 is 40.0 Å². The number of nitrogens with zero attached hydrogens (tertiary/aromatic N) is 1. The Labute approximate surface area is 148 Å². The van der Waals surface area contributed by atoms with E-state index in [9.17, 15) is 8.42 Å². The minimum atomic E-state index is -3.68. The van der Waals surface area contributed by atoms with E-state index in [0.717, 1.165) is 5.56 Å². The van der Waals surface area contributed by atoms with Crippen LogP contribution in [0.3, 0.4) is 0 Å². The quantitative estimate of drug-likeness (QED) is 0.249. The molecule has 0 fully saturated rings. The molecular formula is C13H23IN4O3S. The first kappa shape index (κ1) is 21.1. The standard InChI is InChI=1S/C13H22N4O3S.HI/c1-3-20-8-7-16-13(15-2)17-10-11-5-4-6-12(9-11)21(14,18)19;/h4-6,9H,3,7-8,10H2,1-2H3,(H2,14,18,19)(H2,15,16,17);1H. The molecule has 1 aromatic carbocycles. The van der Waals surface area contributed by atoms with Gasteiger partial charge in [0.15, 0.2) is 5.96 Å². The number of hydrogen-bond acceptors (Lipinski definition) is 4. The first-order chi connectivity index (χ1) is 9.97. The molecule has 0 heterocycles. The molecule has 126 valence electrons. The fourth-order valence-electron chi connectivity index (χ4n) is 1.62. The normalized spacial score (nSPS) is 11.7. The average Bonchev–Trinajstić information content (AvgIpc) is 2.46. The molecule has 0 aromatic heterocycles. The monoisotopic (exact) mass is 442 g/mol. The Bertz CT molecular complexity index is 578. The Morgan fingerprint density at radius 3 is 2.68 bits per heavy atom. The van der Waals surface area contributed by atoms with Crippen LogP contribution in [0.2, 0.25) is 0 Å². The van der Waals surface area contributed by atoms with Crippen LogP contribution >= 0.6 is 24.0 Å². The van der Waals surface area contributed by atoms with Crippen LogP contribution in [0.25, 0.3) is 0 Å². The lowest BCUT2D eigenvalue weighted by atomic mass is 10.2. The summed E-state index contributed by atoms with van der Waals surface area (Å²) in [5.41, 5.74) is 0.800. The molecule has 9 heteroatoms. The SMILES string of the molecule is CCOCCNC(=NC)NCc1cccc(S(N)(=O)=O)c1.I. The van der Waals surface area contributed by atoms with Gasteiger partial charge in [0.05, 0.1) is 11.5 Å². The van der Waals surface area contributed by atoms with E-state index < -0.39 is 10.0 Å². The highest BCUT2D eigenvalue weighted by Gasteiger charge is 2.08. The predicted molar refractivity (Wildman–Crippen MR) is 97.9 cm³/mol. The second-order valence-electron chi connectivity index (χ2n) is 4.24. The van der Waals surface area contributed by atoms with E-state index in [1.54, 1.807) is 13.1 Å². The van der Waals surface area contributed by atoms with Crippen LogP contribution in [0.1, 0.15) is 12.5 Å². The van der Waals surface area contributed by atoms with Gasteiger partial charge in [-0.25, -0.2) is 13.6 Å². The van der Waals surface area contributed by atoms with Crippen molar-refractivity contribution in [2.45, 2.75) is 18.4 Å². The molecule has 1 aromatic rings. The number of halogens is 1. The lowest BCUT2D eigenvalue weighted by Crippen LogP contribution is -2.38. The summed E-state index contributed by atoms with van der Waals surface area (Å²) in [5.74, 6) is 0.621. The van der Waals surface area contributed by atoms with Crippen molar-refractivity contribution in [2.24, 2.45) is 10.1 Å². The van der Waals surface area contributed by atoms with Crippen LogP contribution in [0.15, 0.2) is 34.2 Å². The van der Waals surface area contributed by atoms with Gasteiger partial charge in [-0.05, 0) is 24.6 Å². The molecule has 7 nitrogen and oxygen atoms in total. The van der Waals surface area contributed by atoms with Crippen LogP contribution in [0.4, 0.5) is 0 Å². The van der Waals surface area contributed by atoms with Gasteiger partial charge in [-0.2, -0.15) is 0 Å². The van der Waals surface area contributed by atoms with Gasteiger partial charge in [0, 0.05) is 26.7 Å². The van der Waals surface area contributed by atoms with Gasteiger partial charge in [-0.15, -0.1) is 24.0 Å². The number of nitrogens with one attached hydrogen (secondary N) is 2. The van der Waals surface area contributed by atoms with E-state index in [4.69, 9.17) is 9.88 Å². The lowest BCUT2D eigenvalue weighted by molar-refractivity contribution is 0.152. The molecule has 0 atom stereocenters. The van der Waals surface area contributed by atoms with Gasteiger partial charge in [0.1, 0.15) is 0 Å². The molecule has 0 spiro atoms. The van der Waals surface area contributed by atoms with Crippen molar-refractivity contribution in [3.8, 4) is 0 Å². The molecule has 0 bridgehead atoms. The highest BCUT2D eigenvalue weighted by atomic mass is 127. The van der Waals surface area contributed by atoms with E-state index in [2.05, 4.69) is 15.6 Å². The highest BCUT2D eigenvalue weighted by Crippen LogP contribution is 2.09. The van der Waals surface area contributed by atoms with Gasteiger partial charge >= 0.3 is 0 Å². The fraction of sp³-hybridized carbons (Fsp3) is 0.462. The number of benzene rings is 1. The number of hydrogen-bond donors (Lipinski definition) is 3. The first-order valence-electron chi connectivity index (χ1n) is 6.61. The topological polar surface area (TPSA) is 106 Å².